The van der Waals surface area contributed by atoms with Gasteiger partial charge in [0, 0.05) is 5.56 Å². The predicted octanol–water partition coefficient (Wildman–Crippen LogP) is 3.33. The van der Waals surface area contributed by atoms with Crippen molar-refractivity contribution >= 4 is 17.7 Å². The molecule has 0 unspecified atom stereocenters. The van der Waals surface area contributed by atoms with E-state index in [1.165, 1.54) is 30.4 Å². The van der Waals surface area contributed by atoms with Crippen molar-refractivity contribution in [2.75, 3.05) is 0 Å². The van der Waals surface area contributed by atoms with E-state index in [1.54, 1.807) is 0 Å². The van der Waals surface area contributed by atoms with Crippen LogP contribution in [0, 0.1) is 6.92 Å². The third-order valence-electron chi connectivity index (χ3n) is 3.07. The largest absolute Gasteiger partial charge is 0.282 e. The summed E-state index contributed by atoms with van der Waals surface area (Å²) in [6, 6.07) is 5.89. The van der Waals surface area contributed by atoms with Crippen LogP contribution in [0.3, 0.4) is 0 Å². The van der Waals surface area contributed by atoms with E-state index in [1.807, 2.05) is 12.1 Å². The molecule has 1 saturated carbocycles. The molecule has 74 valence electrons. The molecule has 2 rings (SSSR count). The van der Waals surface area contributed by atoms with Crippen molar-refractivity contribution in [1.29, 1.82) is 0 Å². The zero-order valence-corrected chi connectivity index (χ0v) is 9.18. The fraction of sp³-hybridized carbons (Fsp3) is 0.417. The maximum absolute atomic E-state index is 11.3. The molecule has 1 nitrogen and oxygen atoms in total. The van der Waals surface area contributed by atoms with Gasteiger partial charge in [0.2, 0.25) is 5.12 Å². The Morgan fingerprint density at radius 2 is 2.14 bits per heavy atom. The zero-order chi connectivity index (χ0) is 10.1. The SMILES string of the molecule is Cc1cccc(C(=O)S)c1C1CCC1. The van der Waals surface area contributed by atoms with Gasteiger partial charge in [0.15, 0.2) is 0 Å². The van der Waals surface area contributed by atoms with E-state index in [0.29, 0.717) is 5.92 Å². The Labute approximate surface area is 89.9 Å². The number of carbonyl (C=O) groups is 1. The highest BCUT2D eigenvalue weighted by atomic mass is 32.1. The van der Waals surface area contributed by atoms with Crippen molar-refractivity contribution in [1.82, 2.24) is 0 Å². The van der Waals surface area contributed by atoms with E-state index in [4.69, 9.17) is 0 Å². The number of thiol groups is 1. The van der Waals surface area contributed by atoms with Gasteiger partial charge >= 0.3 is 0 Å². The summed E-state index contributed by atoms with van der Waals surface area (Å²) in [5.41, 5.74) is 3.27. The molecule has 0 amide bonds. The summed E-state index contributed by atoms with van der Waals surface area (Å²) in [6.07, 6.45) is 3.73. The Kier molecular flexibility index (Phi) is 2.64. The molecule has 0 aliphatic heterocycles. The first-order valence-corrected chi connectivity index (χ1v) is 5.47. The maximum Gasteiger partial charge on any atom is 0.216 e. The molecule has 0 radical (unpaired) electrons. The lowest BCUT2D eigenvalue weighted by Gasteiger charge is -2.28. The summed E-state index contributed by atoms with van der Waals surface area (Å²) in [6.45, 7) is 2.08. The molecule has 1 aromatic rings. The van der Waals surface area contributed by atoms with Crippen LogP contribution in [0.4, 0.5) is 0 Å². The van der Waals surface area contributed by atoms with Crippen LogP contribution in [-0.2, 0) is 0 Å². The van der Waals surface area contributed by atoms with Crippen LogP contribution < -0.4 is 0 Å². The van der Waals surface area contributed by atoms with Gasteiger partial charge in [-0.15, -0.1) is 12.6 Å². The summed E-state index contributed by atoms with van der Waals surface area (Å²) < 4.78 is 0. The van der Waals surface area contributed by atoms with Crippen LogP contribution in [0.1, 0.15) is 46.7 Å². The van der Waals surface area contributed by atoms with Gasteiger partial charge in [-0.3, -0.25) is 4.79 Å². The Bertz CT molecular complexity index is 367. The summed E-state index contributed by atoms with van der Waals surface area (Å²) in [4.78, 5) is 11.3. The van der Waals surface area contributed by atoms with E-state index >= 15 is 0 Å². The van der Waals surface area contributed by atoms with Crippen LogP contribution in [0.5, 0.6) is 0 Å². The van der Waals surface area contributed by atoms with Crippen molar-refractivity contribution < 1.29 is 4.79 Å². The van der Waals surface area contributed by atoms with E-state index in [9.17, 15) is 4.79 Å². The number of carbonyl (C=O) groups excluding carboxylic acids is 1. The van der Waals surface area contributed by atoms with Gasteiger partial charge in [0.25, 0.3) is 0 Å². The molecule has 1 aromatic carbocycles. The molecule has 14 heavy (non-hydrogen) atoms. The molecule has 2 heteroatoms. The van der Waals surface area contributed by atoms with Gasteiger partial charge < -0.3 is 0 Å². The normalized spacial score (nSPS) is 16.4. The van der Waals surface area contributed by atoms with Crippen molar-refractivity contribution in [2.24, 2.45) is 0 Å². The van der Waals surface area contributed by atoms with Crippen molar-refractivity contribution in [2.45, 2.75) is 32.1 Å². The first-order chi connectivity index (χ1) is 6.70. The van der Waals surface area contributed by atoms with Crippen LogP contribution in [-0.4, -0.2) is 5.12 Å². The maximum atomic E-state index is 11.3. The van der Waals surface area contributed by atoms with Crippen molar-refractivity contribution in [3.8, 4) is 0 Å². The van der Waals surface area contributed by atoms with E-state index in [0.717, 1.165) is 5.56 Å². The number of benzene rings is 1. The van der Waals surface area contributed by atoms with Gasteiger partial charge in [-0.2, -0.15) is 0 Å². The van der Waals surface area contributed by atoms with Crippen LogP contribution in [0.2, 0.25) is 0 Å². The monoisotopic (exact) mass is 206 g/mol. The molecule has 0 bridgehead atoms. The minimum atomic E-state index is -0.101. The second-order valence-electron chi connectivity index (χ2n) is 3.97. The van der Waals surface area contributed by atoms with Crippen LogP contribution in [0.15, 0.2) is 18.2 Å². The van der Waals surface area contributed by atoms with Gasteiger partial charge in [-0.25, -0.2) is 0 Å². The quantitative estimate of drug-likeness (QED) is 0.734. The van der Waals surface area contributed by atoms with E-state index in [-0.39, 0.29) is 5.12 Å². The minimum Gasteiger partial charge on any atom is -0.282 e. The van der Waals surface area contributed by atoms with Gasteiger partial charge in [-0.1, -0.05) is 24.6 Å². The molecule has 0 N–H and O–H groups in total. The standard InChI is InChI=1S/C12H14OS/c1-8-4-2-7-10(12(13)14)11(8)9-5-3-6-9/h2,4,7,9H,3,5-6H2,1H3,(H,13,14). The van der Waals surface area contributed by atoms with Crippen LogP contribution >= 0.6 is 12.6 Å². The number of hydrogen-bond donors (Lipinski definition) is 1. The van der Waals surface area contributed by atoms with Gasteiger partial charge in [0.1, 0.15) is 0 Å². The highest BCUT2D eigenvalue weighted by Gasteiger charge is 2.24. The summed E-state index contributed by atoms with van der Waals surface area (Å²) in [5.74, 6) is 0.599. The summed E-state index contributed by atoms with van der Waals surface area (Å²) in [7, 11) is 0. The van der Waals surface area contributed by atoms with Gasteiger partial charge in [-0.05, 0) is 36.8 Å². The van der Waals surface area contributed by atoms with Gasteiger partial charge in [0.05, 0.1) is 0 Å². The lowest BCUT2D eigenvalue weighted by molar-refractivity contribution is 0.108. The first kappa shape index (κ1) is 9.78. The molecule has 0 atom stereocenters. The Balaban J connectivity index is 2.47. The smallest absolute Gasteiger partial charge is 0.216 e. The number of rotatable bonds is 2. The second-order valence-corrected chi connectivity index (χ2v) is 4.38. The zero-order valence-electron chi connectivity index (χ0n) is 8.29. The third kappa shape index (κ3) is 1.59. The number of aryl methyl sites for hydroxylation is 1. The molecule has 1 aliphatic carbocycles. The Morgan fingerprint density at radius 1 is 1.43 bits per heavy atom. The Hall–Kier alpha value is -0.760. The molecule has 0 spiro atoms. The molecule has 0 heterocycles. The topological polar surface area (TPSA) is 17.1 Å². The predicted molar refractivity (Wildman–Crippen MR) is 61.1 cm³/mol. The minimum absolute atomic E-state index is 0.101. The fourth-order valence-electron chi connectivity index (χ4n) is 2.11. The van der Waals surface area contributed by atoms with Crippen molar-refractivity contribution in [3.05, 3.63) is 34.9 Å². The van der Waals surface area contributed by atoms with E-state index in [2.05, 4.69) is 25.6 Å². The highest BCUT2D eigenvalue weighted by Crippen LogP contribution is 2.39. The summed E-state index contributed by atoms with van der Waals surface area (Å²) in [5, 5.41) is -0.101. The average molecular weight is 206 g/mol. The molecular formula is C12H14OS. The highest BCUT2D eigenvalue weighted by molar-refractivity contribution is 7.97. The molecular weight excluding hydrogens is 192 g/mol. The fourth-order valence-corrected chi connectivity index (χ4v) is 2.30. The average Bonchev–Trinajstić information content (AvgIpc) is 2.04. The molecule has 1 aliphatic rings. The summed E-state index contributed by atoms with van der Waals surface area (Å²) >= 11 is 3.92. The first-order valence-electron chi connectivity index (χ1n) is 5.03. The molecule has 1 fully saturated rings. The second kappa shape index (κ2) is 3.77. The van der Waals surface area contributed by atoms with E-state index < -0.39 is 0 Å². The Morgan fingerprint density at radius 3 is 2.64 bits per heavy atom. The van der Waals surface area contributed by atoms with Crippen LogP contribution in [0.25, 0.3) is 0 Å². The third-order valence-corrected chi connectivity index (χ3v) is 3.31. The molecule has 0 aromatic heterocycles. The number of hydrogen-bond acceptors (Lipinski definition) is 1. The molecule has 0 saturated heterocycles. The van der Waals surface area contributed by atoms with Crippen molar-refractivity contribution in [3.63, 3.8) is 0 Å². The lowest BCUT2D eigenvalue weighted by atomic mass is 9.76. The lowest BCUT2D eigenvalue weighted by Crippen LogP contribution is -2.14.